The van der Waals surface area contributed by atoms with Crippen LogP contribution in [0.25, 0.3) is 16.9 Å². The number of rotatable bonds is 4. The van der Waals surface area contributed by atoms with Crippen molar-refractivity contribution in [3.63, 3.8) is 0 Å². The fraction of sp³-hybridized carbons (Fsp3) is 0.321. The van der Waals surface area contributed by atoms with Crippen molar-refractivity contribution in [2.75, 3.05) is 14.1 Å². The molecule has 0 bridgehead atoms. The van der Waals surface area contributed by atoms with Gasteiger partial charge in [-0.05, 0) is 67.7 Å². The highest BCUT2D eigenvalue weighted by atomic mass is 19.1. The third kappa shape index (κ3) is 3.61. The Balaban J connectivity index is 1.77. The predicted octanol–water partition coefficient (Wildman–Crippen LogP) is 1.23. The van der Waals surface area contributed by atoms with Crippen LogP contribution in [-0.4, -0.2) is 68.5 Å². The van der Waals surface area contributed by atoms with E-state index in [0.717, 1.165) is 0 Å². The lowest BCUT2D eigenvalue weighted by molar-refractivity contribution is -0.153. The average Bonchev–Trinajstić information content (AvgIpc) is 2.86. The molecular weight excluding hydrogens is 509 g/mol. The third-order valence-corrected chi connectivity index (χ3v) is 8.17. The summed E-state index contributed by atoms with van der Waals surface area (Å²) in [5.74, 6) is -7.68. The highest BCUT2D eigenvalue weighted by molar-refractivity contribution is 6.24. The Bertz CT molecular complexity index is 1510. The minimum atomic E-state index is -2.72. The zero-order chi connectivity index (χ0) is 28.5. The van der Waals surface area contributed by atoms with E-state index in [4.69, 9.17) is 11.5 Å². The molecule has 0 radical (unpaired) electrons. The molecule has 3 aliphatic carbocycles. The number of nitrogens with two attached hydrogens (primary N) is 2. The first-order valence-electron chi connectivity index (χ1n) is 12.3. The molecule has 3 aliphatic rings. The lowest BCUT2D eigenvalue weighted by Crippen LogP contribution is -2.65. The van der Waals surface area contributed by atoms with E-state index in [1.54, 1.807) is 18.2 Å². The van der Waals surface area contributed by atoms with Crippen LogP contribution in [0.3, 0.4) is 0 Å². The van der Waals surface area contributed by atoms with Gasteiger partial charge in [-0.3, -0.25) is 19.3 Å². The summed E-state index contributed by atoms with van der Waals surface area (Å²) in [7, 11) is 3.07. The number of phenolic OH excluding ortho intramolecular Hbond substituents is 1. The molecule has 11 heteroatoms. The van der Waals surface area contributed by atoms with Crippen LogP contribution in [0.4, 0.5) is 4.39 Å². The van der Waals surface area contributed by atoms with Gasteiger partial charge in [-0.15, -0.1) is 0 Å². The van der Waals surface area contributed by atoms with Gasteiger partial charge in [-0.25, -0.2) is 4.39 Å². The lowest BCUT2D eigenvalue weighted by Gasteiger charge is -2.50. The monoisotopic (exact) mass is 537 g/mol. The van der Waals surface area contributed by atoms with Crippen LogP contribution in [0.15, 0.2) is 47.2 Å². The number of fused-ring (bicyclic) bond motifs is 3. The molecule has 0 heterocycles. The first-order chi connectivity index (χ1) is 18.3. The number of aromatic hydroxyl groups is 1. The molecule has 5 rings (SSSR count). The van der Waals surface area contributed by atoms with Crippen molar-refractivity contribution in [3.8, 4) is 16.9 Å². The van der Waals surface area contributed by atoms with Crippen molar-refractivity contribution in [1.29, 1.82) is 0 Å². The van der Waals surface area contributed by atoms with E-state index < -0.39 is 63.9 Å². The summed E-state index contributed by atoms with van der Waals surface area (Å²) in [4.78, 5) is 40.7. The van der Waals surface area contributed by atoms with E-state index in [9.17, 15) is 39.2 Å². The zero-order valence-electron chi connectivity index (χ0n) is 21.2. The molecule has 0 unspecified atom stereocenters. The molecule has 4 atom stereocenters. The number of benzene rings is 2. The maximum absolute atomic E-state index is 14.0. The Hall–Kier alpha value is -4.06. The minimum Gasteiger partial charge on any atom is -0.508 e. The number of likely N-dealkylation sites (N-methyl/N-ethyl adjacent to an activating group) is 1. The Kier molecular flexibility index (Phi) is 6.13. The molecule has 0 aliphatic heterocycles. The highest BCUT2D eigenvalue weighted by Crippen LogP contribution is 2.54. The van der Waals surface area contributed by atoms with Gasteiger partial charge in [-0.2, -0.15) is 0 Å². The number of hydrogen-bond donors (Lipinski definition) is 6. The zero-order valence-corrected chi connectivity index (χ0v) is 21.2. The number of phenols is 1. The molecule has 2 aromatic carbocycles. The highest BCUT2D eigenvalue weighted by Gasteiger charge is 2.64. The Morgan fingerprint density at radius 1 is 1.15 bits per heavy atom. The van der Waals surface area contributed by atoms with Crippen LogP contribution in [0.1, 0.15) is 23.1 Å². The second-order valence-corrected chi connectivity index (χ2v) is 10.5. The number of hydrogen-bond acceptors (Lipinski definition) is 9. The summed E-state index contributed by atoms with van der Waals surface area (Å²) in [5.41, 5.74) is 9.16. The van der Waals surface area contributed by atoms with Gasteiger partial charge in [0.05, 0.1) is 11.6 Å². The number of amides is 1. The van der Waals surface area contributed by atoms with Gasteiger partial charge >= 0.3 is 0 Å². The number of nitrogens with zero attached hydrogens (tertiary/aromatic N) is 1. The van der Waals surface area contributed by atoms with Crippen molar-refractivity contribution in [2.24, 2.45) is 23.3 Å². The summed E-state index contributed by atoms with van der Waals surface area (Å²) < 4.78 is 13.7. The van der Waals surface area contributed by atoms with E-state index in [0.29, 0.717) is 16.7 Å². The van der Waals surface area contributed by atoms with Gasteiger partial charge < -0.3 is 31.9 Å². The number of carbonyl (C=O) groups excluding carboxylic acids is 3. The molecule has 204 valence electrons. The number of aliphatic hydroxyl groups excluding tert-OH is 2. The van der Waals surface area contributed by atoms with Crippen molar-refractivity contribution < 1.29 is 39.2 Å². The van der Waals surface area contributed by atoms with Crippen molar-refractivity contribution in [1.82, 2.24) is 4.90 Å². The maximum atomic E-state index is 14.0. The fourth-order valence-corrected chi connectivity index (χ4v) is 6.41. The average molecular weight is 538 g/mol. The largest absolute Gasteiger partial charge is 0.508 e. The Labute approximate surface area is 222 Å². The number of carbonyl (C=O) groups is 3. The fourth-order valence-electron chi connectivity index (χ4n) is 6.41. The van der Waals surface area contributed by atoms with E-state index in [2.05, 4.69) is 0 Å². The number of primary amides is 1. The third-order valence-electron chi connectivity index (χ3n) is 8.17. The summed E-state index contributed by atoms with van der Waals surface area (Å²) in [6.45, 7) is -0.114. The van der Waals surface area contributed by atoms with Crippen LogP contribution < -0.4 is 11.5 Å². The van der Waals surface area contributed by atoms with Crippen molar-refractivity contribution >= 4 is 23.2 Å². The smallest absolute Gasteiger partial charge is 0.255 e. The number of ketones is 2. The first kappa shape index (κ1) is 26.5. The number of Topliss-reactive ketones (excluding diaryl/α,β-unsaturated/α-hetero) is 2. The van der Waals surface area contributed by atoms with Crippen molar-refractivity contribution in [2.45, 2.75) is 31.0 Å². The van der Waals surface area contributed by atoms with E-state index in [1.165, 1.54) is 31.1 Å². The van der Waals surface area contributed by atoms with E-state index >= 15 is 0 Å². The van der Waals surface area contributed by atoms with Gasteiger partial charge in [-0.1, -0.05) is 12.1 Å². The van der Waals surface area contributed by atoms with E-state index in [1.807, 2.05) is 0 Å². The summed E-state index contributed by atoms with van der Waals surface area (Å²) >= 11 is 0. The number of halogens is 1. The van der Waals surface area contributed by atoms with Crippen LogP contribution in [-0.2, 0) is 27.3 Å². The molecule has 2 aromatic rings. The molecule has 0 saturated heterocycles. The second-order valence-electron chi connectivity index (χ2n) is 10.5. The molecule has 8 N–H and O–H groups in total. The molecule has 0 aromatic heterocycles. The normalized spacial score (nSPS) is 26.5. The molecule has 1 fully saturated rings. The van der Waals surface area contributed by atoms with Crippen LogP contribution in [0.2, 0.25) is 0 Å². The molecule has 1 saturated carbocycles. The van der Waals surface area contributed by atoms with Crippen LogP contribution >= 0.6 is 0 Å². The Morgan fingerprint density at radius 3 is 2.36 bits per heavy atom. The van der Waals surface area contributed by atoms with Gasteiger partial charge in [0, 0.05) is 23.6 Å². The lowest BCUT2D eigenvalue weighted by atomic mass is 9.57. The van der Waals surface area contributed by atoms with E-state index in [-0.39, 0.29) is 41.8 Å². The molecule has 1 amide bonds. The standard InChI is InChI=1S/C28H28FN3O7/c1-32(2)21-17-9-12-7-16-15(11-3-5-14(29)6-4-11)8-13(10-30)22(33)19(16)23(34)18(12)25(36)28(17,39)26(37)20(24(21)35)27(31)38/h3-6,8,12,17,21,33-34,37,39H,7,9-10,30H2,1-2H3,(H2,31,38)/t12-,17+,21-,28+/m1/s1. The van der Waals surface area contributed by atoms with Gasteiger partial charge in [0.2, 0.25) is 5.78 Å². The van der Waals surface area contributed by atoms with Crippen LogP contribution in [0, 0.1) is 17.7 Å². The van der Waals surface area contributed by atoms with Gasteiger partial charge in [0.15, 0.2) is 11.4 Å². The minimum absolute atomic E-state index is 0.0337. The van der Waals surface area contributed by atoms with Crippen LogP contribution in [0.5, 0.6) is 5.75 Å². The topological polar surface area (TPSA) is 187 Å². The predicted molar refractivity (Wildman–Crippen MR) is 138 cm³/mol. The second kappa shape index (κ2) is 9.01. The van der Waals surface area contributed by atoms with Gasteiger partial charge in [0.25, 0.3) is 5.91 Å². The quantitative estimate of drug-likeness (QED) is 0.312. The summed E-state index contributed by atoms with van der Waals surface area (Å²) in [5, 5.41) is 45.1. The van der Waals surface area contributed by atoms with Gasteiger partial charge in [0.1, 0.15) is 28.7 Å². The Morgan fingerprint density at radius 2 is 1.79 bits per heavy atom. The molecule has 39 heavy (non-hydrogen) atoms. The molecule has 0 spiro atoms. The molecule has 10 nitrogen and oxygen atoms in total. The summed E-state index contributed by atoms with van der Waals surface area (Å²) in [6, 6.07) is 6.09. The summed E-state index contributed by atoms with van der Waals surface area (Å²) in [6.07, 6.45) is 0.0771. The SMILES string of the molecule is CN(C)[C@H]1C(=O)C(C(N)=O)=C(O)[C@@]2(O)C(=O)C3=C(O)c4c(O)c(CN)cc(-c5ccc(F)cc5)c4C[C@@H]3C[C@@H]12. The van der Waals surface area contributed by atoms with Crippen molar-refractivity contribution in [3.05, 3.63) is 69.7 Å². The first-order valence-corrected chi connectivity index (χ1v) is 12.3. The molecular formula is C28H28FN3O7. The number of aliphatic hydroxyl groups is 3. The maximum Gasteiger partial charge on any atom is 0.255 e.